The van der Waals surface area contributed by atoms with Crippen LogP contribution in [-0.2, 0) is 14.3 Å². The van der Waals surface area contributed by atoms with E-state index in [1.54, 1.807) is 18.1 Å². The van der Waals surface area contributed by atoms with Gasteiger partial charge >= 0.3 is 6.09 Å². The lowest BCUT2D eigenvalue weighted by molar-refractivity contribution is -0.255. The molecule has 6 unspecified atom stereocenters. The Morgan fingerprint density at radius 2 is 1.94 bits per heavy atom. The predicted octanol–water partition coefficient (Wildman–Crippen LogP) is 5.51. The number of unbranched alkanes of at least 4 members (excludes halogenated alkanes) is 2. The lowest BCUT2D eigenvalue weighted by Gasteiger charge is -2.59. The van der Waals surface area contributed by atoms with Gasteiger partial charge in [0.2, 0.25) is 5.79 Å². The van der Waals surface area contributed by atoms with Gasteiger partial charge in [-0.2, -0.15) is 0 Å². The van der Waals surface area contributed by atoms with Gasteiger partial charge in [-0.05, 0) is 74.6 Å². The smallest absolute Gasteiger partial charge is 0.410 e. The molecule has 272 valence electrons. The Kier molecular flexibility index (Phi) is 13.4. The van der Waals surface area contributed by atoms with Gasteiger partial charge in [-0.3, -0.25) is 9.80 Å². The van der Waals surface area contributed by atoms with Gasteiger partial charge in [0.25, 0.3) is 0 Å². The summed E-state index contributed by atoms with van der Waals surface area (Å²) in [4.78, 5) is 23.3. The molecule has 0 spiro atoms. The van der Waals surface area contributed by atoms with Crippen LogP contribution in [-0.4, -0.2) is 110 Å². The van der Waals surface area contributed by atoms with Gasteiger partial charge in [-0.1, -0.05) is 37.1 Å². The van der Waals surface area contributed by atoms with Crippen molar-refractivity contribution in [2.24, 2.45) is 22.9 Å². The Morgan fingerprint density at radius 1 is 1.16 bits per heavy atom. The molecule has 1 saturated carbocycles. The highest BCUT2D eigenvalue weighted by atomic mass is 16.7. The van der Waals surface area contributed by atoms with Crippen LogP contribution in [0.15, 0.2) is 47.7 Å². The standard InChI is InChI=1S/C38H57N3O8/c1-5-16-41(37(44)46-7-3)34-26-32(39-45-4)30-24-27(12-8-10-20-42)29(13-9-11-21-43)35-31-25-28(47-23-19-40-17-18-40)14-15-33(31)49-38(34,36(30)35)48-22-6-2/h6,14-15,24-25,27,29,34-36,42-43H,2,5,7-13,16-23,26H2,1,3-4H3. The van der Waals surface area contributed by atoms with Crippen molar-refractivity contribution in [2.75, 3.05) is 66.3 Å². The van der Waals surface area contributed by atoms with E-state index in [2.05, 4.69) is 28.8 Å². The van der Waals surface area contributed by atoms with Crippen molar-refractivity contribution in [3.8, 4) is 11.5 Å². The maximum atomic E-state index is 13.7. The van der Waals surface area contributed by atoms with E-state index in [4.69, 9.17) is 23.8 Å². The van der Waals surface area contributed by atoms with Crippen molar-refractivity contribution in [2.45, 2.75) is 83.0 Å². The number of allylic oxidation sites excluding steroid dienone is 1. The molecular formula is C38H57N3O8. The van der Waals surface area contributed by atoms with Crippen molar-refractivity contribution in [3.63, 3.8) is 0 Å². The minimum absolute atomic E-state index is 0.0855. The summed E-state index contributed by atoms with van der Waals surface area (Å²) in [6, 6.07) is 5.52. The van der Waals surface area contributed by atoms with Crippen LogP contribution in [0.4, 0.5) is 4.79 Å². The number of amides is 1. The molecule has 2 aliphatic heterocycles. The van der Waals surface area contributed by atoms with Gasteiger partial charge in [0.05, 0.1) is 24.8 Å². The van der Waals surface area contributed by atoms with Crippen LogP contribution >= 0.6 is 0 Å². The summed E-state index contributed by atoms with van der Waals surface area (Å²) in [6.07, 6.45) is 9.67. The second kappa shape index (κ2) is 17.7. The number of benzene rings is 1. The van der Waals surface area contributed by atoms with Gasteiger partial charge in [0.15, 0.2) is 0 Å². The fourth-order valence-electron chi connectivity index (χ4n) is 8.26. The van der Waals surface area contributed by atoms with Crippen molar-refractivity contribution in [3.05, 3.63) is 48.1 Å². The molecule has 6 atom stereocenters. The SMILES string of the molecule is C=CCOC12Oc3ccc(OCCN4CC4)cc3C3C(CCCCO)C(CCCCO)C=C(C(=NOC)CC1N(CCC)C(=O)OCC)C32. The van der Waals surface area contributed by atoms with Crippen LogP contribution in [0.25, 0.3) is 0 Å². The van der Waals surface area contributed by atoms with Gasteiger partial charge in [-0.25, -0.2) is 4.79 Å². The van der Waals surface area contributed by atoms with Gasteiger partial charge in [-0.15, -0.1) is 6.58 Å². The van der Waals surface area contributed by atoms with Crippen molar-refractivity contribution >= 4 is 11.8 Å². The molecule has 49 heavy (non-hydrogen) atoms. The van der Waals surface area contributed by atoms with E-state index in [0.29, 0.717) is 38.2 Å². The molecule has 2 N–H and O–H groups in total. The van der Waals surface area contributed by atoms with Crippen molar-refractivity contribution < 1.29 is 38.8 Å². The number of ether oxygens (including phenoxy) is 4. The van der Waals surface area contributed by atoms with E-state index in [1.807, 2.05) is 26.0 Å². The average Bonchev–Trinajstić information content (AvgIpc) is 3.93. The fourth-order valence-corrected chi connectivity index (χ4v) is 8.26. The van der Waals surface area contributed by atoms with Crippen LogP contribution in [0.1, 0.15) is 76.7 Å². The minimum Gasteiger partial charge on any atom is -0.492 e. The van der Waals surface area contributed by atoms with E-state index in [1.165, 1.54) is 0 Å². The number of carbonyl (C=O) groups is 1. The van der Waals surface area contributed by atoms with Gasteiger partial charge < -0.3 is 34.0 Å². The second-order valence-corrected chi connectivity index (χ2v) is 13.5. The molecule has 2 fully saturated rings. The zero-order chi connectivity index (χ0) is 34.8. The van der Waals surface area contributed by atoms with E-state index in [-0.39, 0.29) is 50.1 Å². The number of fused-ring (bicyclic) bond motifs is 2. The zero-order valence-corrected chi connectivity index (χ0v) is 29.7. The van der Waals surface area contributed by atoms with E-state index in [0.717, 1.165) is 74.3 Å². The van der Waals surface area contributed by atoms with Crippen LogP contribution in [0.2, 0.25) is 0 Å². The summed E-state index contributed by atoms with van der Waals surface area (Å²) in [7, 11) is 1.55. The third-order valence-corrected chi connectivity index (χ3v) is 10.4. The first-order valence-electron chi connectivity index (χ1n) is 18.4. The number of carbonyl (C=O) groups excluding carboxylic acids is 1. The van der Waals surface area contributed by atoms with E-state index in [9.17, 15) is 15.0 Å². The predicted molar refractivity (Wildman–Crippen MR) is 188 cm³/mol. The van der Waals surface area contributed by atoms with Crippen LogP contribution in [0, 0.1) is 17.8 Å². The lowest BCUT2D eigenvalue weighted by Crippen LogP contribution is -2.70. The lowest BCUT2D eigenvalue weighted by atomic mass is 9.55. The van der Waals surface area contributed by atoms with E-state index >= 15 is 0 Å². The Labute approximate surface area is 291 Å². The molecule has 1 amide bonds. The summed E-state index contributed by atoms with van der Waals surface area (Å²) in [6.45, 7) is 12.8. The summed E-state index contributed by atoms with van der Waals surface area (Å²) in [5.41, 5.74) is 2.83. The first-order valence-corrected chi connectivity index (χ1v) is 18.4. The molecule has 2 aliphatic carbocycles. The highest BCUT2D eigenvalue weighted by Gasteiger charge is 2.65. The molecule has 0 bridgehead atoms. The summed E-state index contributed by atoms with van der Waals surface area (Å²) < 4.78 is 26.0. The van der Waals surface area contributed by atoms with Crippen molar-refractivity contribution in [1.29, 1.82) is 0 Å². The minimum atomic E-state index is -1.28. The zero-order valence-electron chi connectivity index (χ0n) is 29.7. The molecule has 0 aromatic heterocycles. The topological polar surface area (TPSA) is 122 Å². The number of aliphatic hydroxyl groups is 2. The first kappa shape index (κ1) is 37.1. The Balaban J connectivity index is 1.71. The molecule has 5 rings (SSSR count). The normalized spacial score (nSPS) is 27.7. The van der Waals surface area contributed by atoms with Gasteiger partial charge in [0.1, 0.15) is 31.3 Å². The van der Waals surface area contributed by atoms with Crippen LogP contribution in [0.5, 0.6) is 11.5 Å². The number of hydrogen-bond donors (Lipinski definition) is 2. The van der Waals surface area contributed by atoms with Crippen molar-refractivity contribution in [1.82, 2.24) is 9.80 Å². The highest BCUT2D eigenvalue weighted by Crippen LogP contribution is 2.62. The van der Waals surface area contributed by atoms with E-state index < -0.39 is 17.9 Å². The molecule has 0 radical (unpaired) electrons. The number of rotatable bonds is 20. The average molecular weight is 684 g/mol. The number of aliphatic hydroxyl groups excluding tert-OH is 2. The molecule has 11 nitrogen and oxygen atoms in total. The molecular weight excluding hydrogens is 626 g/mol. The molecule has 1 aromatic carbocycles. The summed E-state index contributed by atoms with van der Waals surface area (Å²) in [5.74, 6) is 0.129. The number of nitrogens with zero attached hydrogens (tertiary/aromatic N) is 3. The first-order chi connectivity index (χ1) is 24.0. The fraction of sp³-hybridized carbons (Fsp3) is 0.684. The Bertz CT molecular complexity index is 1320. The Hall–Kier alpha value is -3.12. The molecule has 11 heteroatoms. The monoisotopic (exact) mass is 683 g/mol. The van der Waals surface area contributed by atoms with Gasteiger partial charge in [0, 0.05) is 57.3 Å². The third kappa shape index (κ3) is 8.27. The highest BCUT2D eigenvalue weighted by molar-refractivity contribution is 6.02. The number of oxime groups is 1. The Morgan fingerprint density at radius 3 is 2.61 bits per heavy atom. The maximum absolute atomic E-state index is 13.7. The number of hydrogen-bond acceptors (Lipinski definition) is 10. The second-order valence-electron chi connectivity index (χ2n) is 13.5. The summed E-state index contributed by atoms with van der Waals surface area (Å²) >= 11 is 0. The maximum Gasteiger partial charge on any atom is 0.410 e. The molecule has 4 aliphatic rings. The third-order valence-electron chi connectivity index (χ3n) is 10.4. The molecule has 2 heterocycles. The summed E-state index contributed by atoms with van der Waals surface area (Å²) in [5, 5.41) is 24.1. The quantitative estimate of drug-likeness (QED) is 0.0793. The van der Waals surface area contributed by atoms with Crippen LogP contribution < -0.4 is 9.47 Å². The van der Waals surface area contributed by atoms with Crippen LogP contribution in [0.3, 0.4) is 0 Å². The molecule has 1 saturated heterocycles. The largest absolute Gasteiger partial charge is 0.492 e. The molecule has 1 aromatic rings.